The second-order valence-electron chi connectivity index (χ2n) is 5.50. The van der Waals surface area contributed by atoms with Crippen LogP contribution in [0.1, 0.15) is 25.3 Å². The van der Waals surface area contributed by atoms with E-state index in [0.717, 1.165) is 12.0 Å². The van der Waals surface area contributed by atoms with Crippen LogP contribution in [0, 0.1) is 11.1 Å². The van der Waals surface area contributed by atoms with Gasteiger partial charge in [-0.05, 0) is 5.56 Å². The minimum absolute atomic E-state index is 0.223. The molecule has 1 aliphatic rings. The quantitative estimate of drug-likeness (QED) is 0.661. The molecule has 2 rings (SSSR count). The van der Waals surface area contributed by atoms with Crippen molar-refractivity contribution in [2.24, 2.45) is 11.7 Å². The summed E-state index contributed by atoms with van der Waals surface area (Å²) in [4.78, 5) is 11.4. The van der Waals surface area contributed by atoms with E-state index in [4.69, 9.17) is 5.73 Å². The first-order valence-electron chi connectivity index (χ1n) is 7.15. The van der Waals surface area contributed by atoms with E-state index in [-0.39, 0.29) is 5.92 Å². The van der Waals surface area contributed by atoms with Gasteiger partial charge >= 0.3 is 0 Å². The molecule has 1 saturated heterocycles. The summed E-state index contributed by atoms with van der Waals surface area (Å²) in [5.41, 5.74) is 6.48. The molecule has 0 aliphatic carbocycles. The third-order valence-corrected chi connectivity index (χ3v) is 4.07. The van der Waals surface area contributed by atoms with Crippen molar-refractivity contribution in [3.8, 4) is 0 Å². The number of likely N-dealkylation sites (tertiary alicyclic amines) is 1. The smallest absolute Gasteiger partial charge is 0.276 e. The fraction of sp³-hybridized carbons (Fsp3) is 0.438. The molecule has 1 aromatic rings. The SMILES string of the molecule is CCC(C(N)=O)[N+]1([O-])CCC(C=Cc2ccccc2)C1. The molecule has 0 bridgehead atoms. The Morgan fingerprint density at radius 3 is 2.80 bits per heavy atom. The van der Waals surface area contributed by atoms with Crippen molar-refractivity contribution in [2.75, 3.05) is 13.1 Å². The topological polar surface area (TPSA) is 66.2 Å². The van der Waals surface area contributed by atoms with Crippen LogP contribution in [0.3, 0.4) is 0 Å². The highest BCUT2D eigenvalue weighted by Gasteiger charge is 2.38. The van der Waals surface area contributed by atoms with Crippen LogP contribution >= 0.6 is 0 Å². The van der Waals surface area contributed by atoms with Crippen molar-refractivity contribution in [1.29, 1.82) is 0 Å². The highest BCUT2D eigenvalue weighted by atomic mass is 16.5. The molecule has 1 aliphatic heterocycles. The molecular weight excluding hydrogens is 252 g/mol. The first-order valence-corrected chi connectivity index (χ1v) is 7.15. The molecule has 1 amide bonds. The van der Waals surface area contributed by atoms with E-state index >= 15 is 0 Å². The standard InChI is InChI=1S/C16H22N2O2/c1-2-15(16(17)19)18(20)11-10-14(12-18)9-8-13-6-4-3-5-7-13/h3-9,14-15H,2,10-12H2,1H3,(H2,17,19). The Morgan fingerprint density at radius 2 is 2.20 bits per heavy atom. The summed E-state index contributed by atoms with van der Waals surface area (Å²) in [7, 11) is 0. The van der Waals surface area contributed by atoms with Crippen LogP contribution in [0.4, 0.5) is 0 Å². The number of carbonyl (C=O) groups excluding carboxylic acids is 1. The number of hydroxylamine groups is 3. The fourth-order valence-electron chi connectivity index (χ4n) is 2.98. The lowest BCUT2D eigenvalue weighted by molar-refractivity contribution is -0.885. The zero-order chi connectivity index (χ0) is 14.6. The fourth-order valence-corrected chi connectivity index (χ4v) is 2.98. The number of amides is 1. The van der Waals surface area contributed by atoms with Gasteiger partial charge in [0, 0.05) is 18.8 Å². The van der Waals surface area contributed by atoms with Crippen LogP contribution in [0.25, 0.3) is 6.08 Å². The summed E-state index contributed by atoms with van der Waals surface area (Å²) in [6.45, 7) is 2.77. The summed E-state index contributed by atoms with van der Waals surface area (Å²) in [6.07, 6.45) is 5.46. The Kier molecular flexibility index (Phi) is 4.57. The first-order chi connectivity index (χ1) is 9.55. The number of benzene rings is 1. The minimum atomic E-state index is -0.606. The molecule has 0 spiro atoms. The molecule has 4 heteroatoms. The molecule has 0 radical (unpaired) electrons. The molecule has 2 N–H and O–H groups in total. The molecular formula is C16H22N2O2. The summed E-state index contributed by atoms with van der Waals surface area (Å²) >= 11 is 0. The Bertz CT molecular complexity index is 487. The maximum Gasteiger partial charge on any atom is 0.276 e. The van der Waals surface area contributed by atoms with Crippen LogP contribution in [-0.2, 0) is 4.79 Å². The highest BCUT2D eigenvalue weighted by Crippen LogP contribution is 2.29. The maximum atomic E-state index is 12.7. The number of carbonyl (C=O) groups is 1. The van der Waals surface area contributed by atoms with E-state index in [1.165, 1.54) is 0 Å². The number of hydrogen-bond donors (Lipinski definition) is 1. The van der Waals surface area contributed by atoms with Crippen LogP contribution in [0.15, 0.2) is 36.4 Å². The predicted molar refractivity (Wildman–Crippen MR) is 80.2 cm³/mol. The molecule has 3 atom stereocenters. The van der Waals surface area contributed by atoms with Gasteiger partial charge < -0.3 is 15.6 Å². The third-order valence-electron chi connectivity index (χ3n) is 4.07. The van der Waals surface area contributed by atoms with Gasteiger partial charge in [0.1, 0.15) is 0 Å². The first kappa shape index (κ1) is 14.8. The Balaban J connectivity index is 2.01. The van der Waals surface area contributed by atoms with Crippen molar-refractivity contribution >= 4 is 12.0 Å². The van der Waals surface area contributed by atoms with Gasteiger partial charge in [0.2, 0.25) is 0 Å². The molecule has 4 nitrogen and oxygen atoms in total. The van der Waals surface area contributed by atoms with Crippen molar-refractivity contribution in [1.82, 2.24) is 0 Å². The van der Waals surface area contributed by atoms with Crippen LogP contribution in [0.2, 0.25) is 0 Å². The molecule has 0 saturated carbocycles. The van der Waals surface area contributed by atoms with Gasteiger partial charge in [0.15, 0.2) is 6.04 Å². The normalized spacial score (nSPS) is 27.8. The third kappa shape index (κ3) is 3.26. The summed E-state index contributed by atoms with van der Waals surface area (Å²) in [5, 5.41) is 12.7. The van der Waals surface area contributed by atoms with Crippen LogP contribution in [-0.4, -0.2) is 29.7 Å². The lowest BCUT2D eigenvalue weighted by atomic mass is 10.1. The maximum absolute atomic E-state index is 12.7. The Labute approximate surface area is 120 Å². The van der Waals surface area contributed by atoms with Crippen molar-refractivity contribution in [2.45, 2.75) is 25.8 Å². The number of rotatable bonds is 5. The lowest BCUT2D eigenvalue weighted by Gasteiger charge is -2.43. The monoisotopic (exact) mass is 274 g/mol. The van der Waals surface area contributed by atoms with Gasteiger partial charge in [-0.3, -0.25) is 4.79 Å². The molecule has 108 valence electrons. The van der Waals surface area contributed by atoms with E-state index < -0.39 is 16.6 Å². The zero-order valence-electron chi connectivity index (χ0n) is 11.9. The molecule has 1 fully saturated rings. The number of primary amides is 1. The molecule has 3 unspecified atom stereocenters. The lowest BCUT2D eigenvalue weighted by Crippen LogP contribution is -2.54. The summed E-state index contributed by atoms with van der Waals surface area (Å²) in [6, 6.07) is 9.41. The van der Waals surface area contributed by atoms with Gasteiger partial charge in [-0.15, -0.1) is 0 Å². The predicted octanol–water partition coefficient (Wildman–Crippen LogP) is 2.30. The average Bonchev–Trinajstić information content (AvgIpc) is 2.80. The van der Waals surface area contributed by atoms with Gasteiger partial charge in [-0.1, -0.05) is 49.4 Å². The summed E-state index contributed by atoms with van der Waals surface area (Å²) < 4.78 is -0.463. The van der Waals surface area contributed by atoms with Crippen molar-refractivity contribution < 1.29 is 9.44 Å². The van der Waals surface area contributed by atoms with Crippen molar-refractivity contribution in [3.05, 3.63) is 47.2 Å². The van der Waals surface area contributed by atoms with Gasteiger partial charge in [0.05, 0.1) is 13.1 Å². The van der Waals surface area contributed by atoms with E-state index in [1.54, 1.807) is 0 Å². The van der Waals surface area contributed by atoms with Gasteiger partial charge in [0.25, 0.3) is 5.91 Å². The second kappa shape index (κ2) is 6.20. The number of nitrogens with zero attached hydrogens (tertiary/aromatic N) is 1. The molecule has 0 aromatic heterocycles. The van der Waals surface area contributed by atoms with E-state index in [9.17, 15) is 10.0 Å². The van der Waals surface area contributed by atoms with Crippen LogP contribution < -0.4 is 5.73 Å². The van der Waals surface area contributed by atoms with Crippen molar-refractivity contribution in [3.63, 3.8) is 0 Å². The number of nitrogens with two attached hydrogens (primary N) is 1. The Hall–Kier alpha value is -1.65. The van der Waals surface area contributed by atoms with E-state index in [2.05, 4.69) is 6.08 Å². The van der Waals surface area contributed by atoms with Crippen LogP contribution in [0.5, 0.6) is 0 Å². The molecule has 20 heavy (non-hydrogen) atoms. The second-order valence-corrected chi connectivity index (χ2v) is 5.50. The number of hydrogen-bond acceptors (Lipinski definition) is 2. The average molecular weight is 274 g/mol. The molecule has 1 heterocycles. The van der Waals surface area contributed by atoms with Gasteiger partial charge in [-0.25, -0.2) is 0 Å². The largest absolute Gasteiger partial charge is 0.632 e. The van der Waals surface area contributed by atoms with E-state index in [0.29, 0.717) is 19.5 Å². The summed E-state index contributed by atoms with van der Waals surface area (Å²) in [5.74, 6) is -0.253. The van der Waals surface area contributed by atoms with E-state index in [1.807, 2.05) is 43.3 Å². The zero-order valence-corrected chi connectivity index (χ0v) is 11.9. The minimum Gasteiger partial charge on any atom is -0.632 e. The van der Waals surface area contributed by atoms with Gasteiger partial charge in [-0.2, -0.15) is 0 Å². The molecule has 1 aromatic carbocycles. The Morgan fingerprint density at radius 1 is 1.50 bits per heavy atom. The number of quaternary nitrogens is 1. The highest BCUT2D eigenvalue weighted by molar-refractivity contribution is 5.78.